The van der Waals surface area contributed by atoms with E-state index in [1.807, 2.05) is 6.92 Å². The van der Waals surface area contributed by atoms with Crippen LogP contribution in [-0.2, 0) is 14.8 Å². The molecule has 6 heteroatoms. The molecule has 0 radical (unpaired) electrons. The van der Waals surface area contributed by atoms with Crippen LogP contribution in [-0.4, -0.2) is 33.4 Å². The quantitative estimate of drug-likeness (QED) is 0.498. The zero-order valence-corrected chi connectivity index (χ0v) is 8.62. The molecule has 0 atom stereocenters. The average Bonchev–Trinajstić information content (AvgIpc) is 2.04. The maximum absolute atomic E-state index is 10.7. The van der Waals surface area contributed by atoms with Gasteiger partial charge in [-0.1, -0.05) is 0 Å². The van der Waals surface area contributed by atoms with E-state index in [0.29, 0.717) is 26.2 Å². The fourth-order valence-electron chi connectivity index (χ4n) is 0.585. The number of sulfonamides is 1. The normalized spacial score (nSPS) is 11.8. The molecule has 0 aliphatic heterocycles. The van der Waals surface area contributed by atoms with Gasteiger partial charge in [-0.3, -0.25) is 0 Å². The molecule has 0 aromatic heterocycles. The minimum Gasteiger partial charge on any atom is -0.382 e. The number of rotatable bonds is 7. The van der Waals surface area contributed by atoms with E-state index < -0.39 is 10.0 Å². The summed E-state index contributed by atoms with van der Waals surface area (Å²) in [6, 6.07) is 0. The highest BCUT2D eigenvalue weighted by atomic mass is 35.5. The Morgan fingerprint density at radius 3 is 2.67 bits per heavy atom. The first-order valence-electron chi connectivity index (χ1n) is 3.73. The number of halogens is 1. The van der Waals surface area contributed by atoms with E-state index in [1.54, 1.807) is 0 Å². The van der Waals surface area contributed by atoms with Crippen LogP contribution in [0.25, 0.3) is 0 Å². The van der Waals surface area contributed by atoms with E-state index in [1.165, 1.54) is 0 Å². The van der Waals surface area contributed by atoms with Crippen LogP contribution in [0.4, 0.5) is 0 Å². The van der Waals surface area contributed by atoms with Crippen molar-refractivity contribution in [1.29, 1.82) is 0 Å². The highest BCUT2D eigenvalue weighted by Crippen LogP contribution is 1.88. The molecule has 0 rings (SSSR count). The Morgan fingerprint density at radius 1 is 1.50 bits per heavy atom. The predicted octanol–water partition coefficient (Wildman–Crippen LogP) is 0.529. The van der Waals surface area contributed by atoms with Gasteiger partial charge in [0.15, 0.2) is 0 Å². The summed E-state index contributed by atoms with van der Waals surface area (Å²) < 4.78 is 28.8. The molecule has 0 aromatic rings. The molecule has 0 spiro atoms. The molecule has 1 N–H and O–H groups in total. The highest BCUT2D eigenvalue weighted by molar-refractivity contribution is 7.90. The molecule has 0 amide bonds. The summed E-state index contributed by atoms with van der Waals surface area (Å²) in [7, 11) is -3.25. The fraction of sp³-hybridized carbons (Fsp3) is 1.00. The Hall–Kier alpha value is 0.160. The van der Waals surface area contributed by atoms with Crippen LogP contribution in [0.15, 0.2) is 0 Å². The van der Waals surface area contributed by atoms with Crippen molar-refractivity contribution < 1.29 is 13.2 Å². The summed E-state index contributed by atoms with van der Waals surface area (Å²) in [4.78, 5) is 0. The Labute approximate surface area is 78.3 Å². The molecule has 0 fully saturated rings. The summed E-state index contributed by atoms with van der Waals surface area (Å²) in [5.41, 5.74) is 0. The third kappa shape index (κ3) is 6.84. The van der Waals surface area contributed by atoms with Gasteiger partial charge in [0.25, 0.3) is 0 Å². The van der Waals surface area contributed by atoms with Crippen LogP contribution in [0, 0.1) is 0 Å². The van der Waals surface area contributed by atoms with Gasteiger partial charge < -0.3 is 4.74 Å². The van der Waals surface area contributed by atoms with Gasteiger partial charge in [-0.15, -0.1) is 11.6 Å². The molecule has 0 aliphatic carbocycles. The lowest BCUT2D eigenvalue weighted by Crippen LogP contribution is -2.26. The van der Waals surface area contributed by atoms with Crippen LogP contribution in [0.1, 0.15) is 13.3 Å². The van der Waals surface area contributed by atoms with E-state index in [0.717, 1.165) is 0 Å². The van der Waals surface area contributed by atoms with Gasteiger partial charge in [-0.2, -0.15) is 0 Å². The van der Waals surface area contributed by atoms with E-state index >= 15 is 0 Å². The van der Waals surface area contributed by atoms with Crippen molar-refractivity contribution in [2.45, 2.75) is 13.3 Å². The molecule has 0 bridgehead atoms. The minimum atomic E-state index is -3.25. The van der Waals surface area contributed by atoms with E-state index in [2.05, 4.69) is 4.72 Å². The van der Waals surface area contributed by atoms with Crippen molar-refractivity contribution in [2.75, 3.05) is 25.0 Å². The second kappa shape index (κ2) is 6.65. The third-order valence-electron chi connectivity index (χ3n) is 1.14. The topological polar surface area (TPSA) is 55.4 Å². The minimum absolute atomic E-state index is 0.384. The SMILES string of the molecule is CCOCCCNS(=O)(=O)CCl. The van der Waals surface area contributed by atoms with Crippen LogP contribution in [0.3, 0.4) is 0 Å². The fourth-order valence-corrected chi connectivity index (χ4v) is 1.35. The van der Waals surface area contributed by atoms with Crippen molar-refractivity contribution in [3.63, 3.8) is 0 Å². The molecular formula is C6H14ClNO3S. The summed E-state index contributed by atoms with van der Waals surface area (Å²) in [6.07, 6.45) is 0.671. The Bertz CT molecular complexity index is 193. The molecule has 0 aliphatic rings. The summed E-state index contributed by atoms with van der Waals surface area (Å²) in [6.45, 7) is 3.50. The summed E-state index contributed by atoms with van der Waals surface area (Å²) >= 11 is 5.15. The zero-order chi connectivity index (χ0) is 9.45. The third-order valence-corrected chi connectivity index (χ3v) is 2.93. The maximum atomic E-state index is 10.7. The lowest BCUT2D eigenvalue weighted by Gasteiger charge is -2.02. The van der Waals surface area contributed by atoms with Gasteiger partial charge >= 0.3 is 0 Å². The molecule has 0 saturated carbocycles. The standard InChI is InChI=1S/C6H14ClNO3S/c1-2-11-5-3-4-8-12(9,10)6-7/h8H,2-6H2,1H3. The number of hydrogen-bond acceptors (Lipinski definition) is 3. The molecule has 0 saturated heterocycles. The van der Waals surface area contributed by atoms with Gasteiger partial charge in [0.05, 0.1) is 0 Å². The molecular weight excluding hydrogens is 202 g/mol. The lowest BCUT2D eigenvalue weighted by molar-refractivity contribution is 0.146. The van der Waals surface area contributed by atoms with Gasteiger partial charge in [0, 0.05) is 19.8 Å². The van der Waals surface area contributed by atoms with Crippen LogP contribution in [0.2, 0.25) is 0 Å². The number of nitrogens with one attached hydrogen (secondary N) is 1. The first-order chi connectivity index (χ1) is 5.62. The Kier molecular flexibility index (Phi) is 6.74. The van der Waals surface area contributed by atoms with Gasteiger partial charge in [-0.05, 0) is 13.3 Å². The molecule has 74 valence electrons. The van der Waals surface area contributed by atoms with Crippen LogP contribution < -0.4 is 4.72 Å². The van der Waals surface area contributed by atoms with Crippen molar-refractivity contribution in [1.82, 2.24) is 4.72 Å². The molecule has 4 nitrogen and oxygen atoms in total. The second-order valence-electron chi connectivity index (χ2n) is 2.17. The van der Waals surface area contributed by atoms with Crippen LogP contribution in [0.5, 0.6) is 0 Å². The first-order valence-corrected chi connectivity index (χ1v) is 5.92. The average molecular weight is 216 g/mol. The largest absolute Gasteiger partial charge is 0.382 e. The predicted molar refractivity (Wildman–Crippen MR) is 48.8 cm³/mol. The van der Waals surface area contributed by atoms with E-state index in [-0.39, 0.29) is 5.21 Å². The first kappa shape index (κ1) is 12.2. The van der Waals surface area contributed by atoms with E-state index in [4.69, 9.17) is 16.3 Å². The number of ether oxygens (including phenoxy) is 1. The van der Waals surface area contributed by atoms with Crippen molar-refractivity contribution in [3.8, 4) is 0 Å². The smallest absolute Gasteiger partial charge is 0.225 e. The molecule has 12 heavy (non-hydrogen) atoms. The van der Waals surface area contributed by atoms with E-state index in [9.17, 15) is 8.42 Å². The Balaban J connectivity index is 3.32. The van der Waals surface area contributed by atoms with Crippen molar-refractivity contribution in [3.05, 3.63) is 0 Å². The Morgan fingerprint density at radius 2 is 2.17 bits per heavy atom. The van der Waals surface area contributed by atoms with Crippen LogP contribution >= 0.6 is 11.6 Å². The van der Waals surface area contributed by atoms with Crippen molar-refractivity contribution in [2.24, 2.45) is 0 Å². The number of alkyl halides is 1. The van der Waals surface area contributed by atoms with Gasteiger partial charge in [0.2, 0.25) is 10.0 Å². The molecule has 0 unspecified atom stereocenters. The monoisotopic (exact) mass is 215 g/mol. The summed E-state index contributed by atoms with van der Waals surface area (Å²) in [5, 5.41) is -0.387. The number of hydrogen-bond donors (Lipinski definition) is 1. The maximum Gasteiger partial charge on any atom is 0.225 e. The second-order valence-corrected chi connectivity index (χ2v) is 4.56. The van der Waals surface area contributed by atoms with Gasteiger partial charge in [-0.25, -0.2) is 13.1 Å². The van der Waals surface area contributed by atoms with Crippen molar-refractivity contribution >= 4 is 21.6 Å². The molecule has 0 heterocycles. The summed E-state index contributed by atoms with van der Waals surface area (Å²) in [5.74, 6) is 0. The van der Waals surface area contributed by atoms with Gasteiger partial charge in [0.1, 0.15) is 5.21 Å². The lowest BCUT2D eigenvalue weighted by atomic mass is 10.5. The highest BCUT2D eigenvalue weighted by Gasteiger charge is 2.05. The molecule has 0 aromatic carbocycles. The zero-order valence-electron chi connectivity index (χ0n) is 7.05.